The van der Waals surface area contributed by atoms with Gasteiger partial charge in [0.15, 0.2) is 4.90 Å². The minimum absolute atomic E-state index is 0.0743. The molecule has 0 atom stereocenters. The number of nitrogens with zero attached hydrogens (tertiary/aromatic N) is 1. The fraction of sp³-hybridized carbons (Fsp3) is 0.500. The molecule has 1 rings (SSSR count). The third-order valence-electron chi connectivity index (χ3n) is 2.98. The Labute approximate surface area is 118 Å². The second-order valence-corrected chi connectivity index (χ2v) is 7.01. The molecule has 0 amide bonds. The van der Waals surface area contributed by atoms with Crippen molar-refractivity contribution in [2.75, 3.05) is 6.54 Å². The monoisotopic (exact) mass is 301 g/mol. The molecule has 0 aromatic heterocycles. The maximum atomic E-state index is 12.3. The average molecular weight is 301 g/mol. The fourth-order valence-corrected chi connectivity index (χ4v) is 3.25. The Balaban J connectivity index is 3.45. The summed E-state index contributed by atoms with van der Waals surface area (Å²) in [6.45, 7) is 6.68. The third-order valence-corrected chi connectivity index (χ3v) is 4.71. The zero-order valence-corrected chi connectivity index (χ0v) is 12.7. The largest absolute Gasteiger partial charge is 0.329 e. The highest BCUT2D eigenvalue weighted by Crippen LogP contribution is 2.27. The predicted octanol–water partition coefficient (Wildman–Crippen LogP) is 1.23. The number of aryl methyl sites for hydroxylation is 2. The molecular formula is C12H19N3O4S. The molecule has 0 bridgehead atoms. The topological polar surface area (TPSA) is 115 Å². The lowest BCUT2D eigenvalue weighted by atomic mass is 10.1. The second kappa shape index (κ2) is 5.47. The first-order valence-corrected chi connectivity index (χ1v) is 7.48. The summed E-state index contributed by atoms with van der Waals surface area (Å²) >= 11 is 0. The van der Waals surface area contributed by atoms with Crippen molar-refractivity contribution in [2.45, 2.75) is 38.1 Å². The van der Waals surface area contributed by atoms with Gasteiger partial charge in [-0.2, -0.15) is 0 Å². The van der Waals surface area contributed by atoms with E-state index in [4.69, 9.17) is 5.73 Å². The molecule has 1 aromatic carbocycles. The number of rotatable bonds is 5. The highest BCUT2D eigenvalue weighted by molar-refractivity contribution is 7.89. The van der Waals surface area contributed by atoms with Gasteiger partial charge in [-0.1, -0.05) is 0 Å². The molecule has 0 spiro atoms. The molecule has 112 valence electrons. The van der Waals surface area contributed by atoms with Crippen LogP contribution in [0, 0.1) is 24.0 Å². The van der Waals surface area contributed by atoms with E-state index in [1.807, 2.05) is 0 Å². The summed E-state index contributed by atoms with van der Waals surface area (Å²) in [5.74, 6) is 0. The van der Waals surface area contributed by atoms with Crippen LogP contribution in [0.3, 0.4) is 0 Å². The quantitative estimate of drug-likeness (QED) is 0.627. The molecule has 20 heavy (non-hydrogen) atoms. The molecule has 0 aliphatic carbocycles. The van der Waals surface area contributed by atoms with Gasteiger partial charge in [-0.15, -0.1) is 0 Å². The van der Waals surface area contributed by atoms with Crippen molar-refractivity contribution in [3.05, 3.63) is 33.4 Å². The van der Waals surface area contributed by atoms with Gasteiger partial charge in [0.2, 0.25) is 10.0 Å². The number of nitrogens with one attached hydrogen (secondary N) is 1. The summed E-state index contributed by atoms with van der Waals surface area (Å²) in [5.41, 5.74) is 5.49. The molecule has 0 aliphatic heterocycles. The van der Waals surface area contributed by atoms with E-state index >= 15 is 0 Å². The molecule has 1 aromatic rings. The summed E-state index contributed by atoms with van der Waals surface area (Å²) in [5, 5.41) is 11.1. The van der Waals surface area contributed by atoms with Crippen molar-refractivity contribution in [1.82, 2.24) is 4.72 Å². The summed E-state index contributed by atoms with van der Waals surface area (Å²) in [6, 6.07) is 2.57. The molecule has 0 unspecified atom stereocenters. The number of nitrogens with two attached hydrogens (primary N) is 1. The summed E-state index contributed by atoms with van der Waals surface area (Å²) in [6.07, 6.45) is 0. The standard InChI is InChI=1S/C12H19N3O4S/c1-8-5-10(15(16)17)11(6-9(8)2)20(18,19)14-12(3,4)7-13/h5-6,14H,7,13H2,1-4H3. The van der Waals surface area contributed by atoms with E-state index in [2.05, 4.69) is 4.72 Å². The van der Waals surface area contributed by atoms with E-state index in [1.54, 1.807) is 27.7 Å². The molecule has 0 heterocycles. The highest BCUT2D eigenvalue weighted by atomic mass is 32.2. The van der Waals surface area contributed by atoms with Gasteiger partial charge in [-0.05, 0) is 44.9 Å². The van der Waals surface area contributed by atoms with Crippen LogP contribution in [0.1, 0.15) is 25.0 Å². The first-order chi connectivity index (χ1) is 9.00. The van der Waals surface area contributed by atoms with E-state index in [0.29, 0.717) is 11.1 Å². The fourth-order valence-electron chi connectivity index (χ4n) is 1.59. The smallest absolute Gasteiger partial charge is 0.289 e. The lowest BCUT2D eigenvalue weighted by Crippen LogP contribution is -2.48. The number of nitro groups is 1. The van der Waals surface area contributed by atoms with E-state index < -0.39 is 26.2 Å². The second-order valence-electron chi connectivity index (χ2n) is 5.35. The van der Waals surface area contributed by atoms with Crippen LogP contribution in [-0.2, 0) is 10.0 Å². The molecule has 8 heteroatoms. The zero-order chi connectivity index (χ0) is 15.7. The lowest BCUT2D eigenvalue weighted by Gasteiger charge is -2.24. The number of hydrogen-bond acceptors (Lipinski definition) is 5. The minimum atomic E-state index is -4.02. The summed E-state index contributed by atoms with van der Waals surface area (Å²) in [7, 11) is -4.02. The van der Waals surface area contributed by atoms with Crippen LogP contribution in [-0.4, -0.2) is 25.4 Å². The van der Waals surface area contributed by atoms with Crippen molar-refractivity contribution < 1.29 is 13.3 Å². The number of hydrogen-bond donors (Lipinski definition) is 2. The van der Waals surface area contributed by atoms with Crippen LogP contribution in [0.5, 0.6) is 0 Å². The summed E-state index contributed by atoms with van der Waals surface area (Å²) in [4.78, 5) is 10.0. The van der Waals surface area contributed by atoms with Gasteiger partial charge in [0, 0.05) is 18.2 Å². The molecule has 0 saturated carbocycles. The predicted molar refractivity (Wildman–Crippen MR) is 76.0 cm³/mol. The van der Waals surface area contributed by atoms with Gasteiger partial charge in [0.1, 0.15) is 0 Å². The maximum Gasteiger partial charge on any atom is 0.289 e. The third kappa shape index (κ3) is 3.53. The van der Waals surface area contributed by atoms with E-state index in [9.17, 15) is 18.5 Å². The van der Waals surface area contributed by atoms with Crippen molar-refractivity contribution in [2.24, 2.45) is 5.73 Å². The Morgan fingerprint density at radius 3 is 2.25 bits per heavy atom. The normalized spacial score (nSPS) is 12.4. The van der Waals surface area contributed by atoms with Crippen LogP contribution in [0.4, 0.5) is 5.69 Å². The van der Waals surface area contributed by atoms with Crippen LogP contribution in [0.2, 0.25) is 0 Å². The Kier molecular flexibility index (Phi) is 4.52. The SMILES string of the molecule is Cc1cc([N+](=O)[O-])c(S(=O)(=O)NC(C)(C)CN)cc1C. The first-order valence-electron chi connectivity index (χ1n) is 6.00. The Morgan fingerprint density at radius 1 is 1.30 bits per heavy atom. The molecule has 3 N–H and O–H groups in total. The highest BCUT2D eigenvalue weighted by Gasteiger charge is 2.31. The molecule has 0 radical (unpaired) electrons. The van der Waals surface area contributed by atoms with E-state index in [1.165, 1.54) is 12.1 Å². The van der Waals surface area contributed by atoms with Crippen LogP contribution in [0.25, 0.3) is 0 Å². The van der Waals surface area contributed by atoms with Gasteiger partial charge in [0.05, 0.1) is 4.92 Å². The van der Waals surface area contributed by atoms with Crippen molar-refractivity contribution in [3.63, 3.8) is 0 Å². The Morgan fingerprint density at radius 2 is 1.80 bits per heavy atom. The number of benzene rings is 1. The van der Waals surface area contributed by atoms with Crippen LogP contribution < -0.4 is 10.5 Å². The van der Waals surface area contributed by atoms with Crippen molar-refractivity contribution >= 4 is 15.7 Å². The van der Waals surface area contributed by atoms with E-state index in [-0.39, 0.29) is 11.4 Å². The molecule has 0 saturated heterocycles. The molecule has 0 aliphatic rings. The number of sulfonamides is 1. The van der Waals surface area contributed by atoms with E-state index in [0.717, 1.165) is 0 Å². The molecular weight excluding hydrogens is 282 g/mol. The number of nitro benzene ring substituents is 1. The van der Waals surface area contributed by atoms with Crippen LogP contribution in [0.15, 0.2) is 17.0 Å². The van der Waals surface area contributed by atoms with Gasteiger partial charge in [-0.3, -0.25) is 10.1 Å². The molecule has 0 fully saturated rings. The Bertz CT molecular complexity index is 638. The molecule has 7 nitrogen and oxygen atoms in total. The van der Waals surface area contributed by atoms with Gasteiger partial charge < -0.3 is 5.73 Å². The summed E-state index contributed by atoms with van der Waals surface area (Å²) < 4.78 is 27.0. The minimum Gasteiger partial charge on any atom is -0.329 e. The van der Waals surface area contributed by atoms with Gasteiger partial charge >= 0.3 is 0 Å². The first kappa shape index (κ1) is 16.5. The van der Waals surface area contributed by atoms with Crippen molar-refractivity contribution in [3.8, 4) is 0 Å². The van der Waals surface area contributed by atoms with Crippen molar-refractivity contribution in [1.29, 1.82) is 0 Å². The van der Waals surface area contributed by atoms with Gasteiger partial charge in [0.25, 0.3) is 5.69 Å². The maximum absolute atomic E-state index is 12.3. The van der Waals surface area contributed by atoms with Gasteiger partial charge in [-0.25, -0.2) is 13.1 Å². The lowest BCUT2D eigenvalue weighted by molar-refractivity contribution is -0.387. The Hall–Kier alpha value is -1.51. The zero-order valence-electron chi connectivity index (χ0n) is 11.9. The average Bonchev–Trinajstić information content (AvgIpc) is 2.30. The van der Waals surface area contributed by atoms with Crippen LogP contribution >= 0.6 is 0 Å².